The molecule has 0 radical (unpaired) electrons. The van der Waals surface area contributed by atoms with Gasteiger partial charge in [-0.3, -0.25) is 9.20 Å². The smallest absolute Gasteiger partial charge is 0.343 e. The second kappa shape index (κ2) is 4.79. The molecular formula is C16H13N5O3. The zero-order valence-corrected chi connectivity index (χ0v) is 12.9. The Hall–Kier alpha value is -3.42. The van der Waals surface area contributed by atoms with E-state index in [1.54, 1.807) is 23.4 Å². The minimum absolute atomic E-state index is 0.167. The number of aromatic amines is 1. The number of anilines is 1. The fourth-order valence-electron chi connectivity index (χ4n) is 2.82. The lowest BCUT2D eigenvalue weighted by atomic mass is 10.2. The summed E-state index contributed by atoms with van der Waals surface area (Å²) in [5.41, 5.74) is 1.12. The van der Waals surface area contributed by atoms with E-state index in [-0.39, 0.29) is 16.6 Å². The van der Waals surface area contributed by atoms with Crippen LogP contribution in [0.25, 0.3) is 27.7 Å². The Morgan fingerprint density at radius 1 is 1.29 bits per heavy atom. The third-order valence-corrected chi connectivity index (χ3v) is 3.91. The second-order valence-electron chi connectivity index (χ2n) is 5.64. The number of pyridine rings is 1. The molecule has 0 fully saturated rings. The van der Waals surface area contributed by atoms with E-state index < -0.39 is 11.4 Å². The molecule has 8 heteroatoms. The van der Waals surface area contributed by atoms with E-state index in [1.807, 2.05) is 24.3 Å². The van der Waals surface area contributed by atoms with Gasteiger partial charge < -0.3 is 15.0 Å². The lowest BCUT2D eigenvalue weighted by molar-refractivity contribution is 0.0697. The molecule has 1 aromatic carbocycles. The van der Waals surface area contributed by atoms with Gasteiger partial charge in [-0.05, 0) is 12.1 Å². The molecule has 0 aliphatic rings. The predicted octanol–water partition coefficient (Wildman–Crippen LogP) is 1.49. The number of fused-ring (bicyclic) bond motifs is 5. The van der Waals surface area contributed by atoms with Crippen molar-refractivity contribution in [1.82, 2.24) is 19.4 Å². The van der Waals surface area contributed by atoms with Crippen molar-refractivity contribution < 1.29 is 9.90 Å². The topological polar surface area (TPSA) is 104 Å². The van der Waals surface area contributed by atoms with Crippen molar-refractivity contribution >= 4 is 39.6 Å². The van der Waals surface area contributed by atoms with E-state index in [0.717, 1.165) is 11.0 Å². The number of aromatic nitrogens is 4. The van der Waals surface area contributed by atoms with Gasteiger partial charge in [0.1, 0.15) is 11.2 Å². The first kappa shape index (κ1) is 14.2. The van der Waals surface area contributed by atoms with Crippen LogP contribution in [0.2, 0.25) is 0 Å². The Morgan fingerprint density at radius 3 is 2.75 bits per heavy atom. The molecule has 8 nitrogen and oxygen atoms in total. The zero-order chi connectivity index (χ0) is 17.0. The maximum atomic E-state index is 12.6. The van der Waals surface area contributed by atoms with E-state index >= 15 is 0 Å². The predicted molar refractivity (Wildman–Crippen MR) is 89.9 cm³/mol. The number of H-pyrrole nitrogens is 1. The minimum atomic E-state index is -1.29. The van der Waals surface area contributed by atoms with Crippen LogP contribution in [0.15, 0.2) is 35.3 Å². The minimum Gasteiger partial charge on any atom is -0.477 e. The van der Waals surface area contributed by atoms with E-state index in [0.29, 0.717) is 11.6 Å². The highest BCUT2D eigenvalue weighted by atomic mass is 16.4. The van der Waals surface area contributed by atoms with Gasteiger partial charge in [0.2, 0.25) is 11.4 Å². The lowest BCUT2D eigenvalue weighted by Gasteiger charge is -2.11. The van der Waals surface area contributed by atoms with E-state index in [4.69, 9.17) is 0 Å². The third kappa shape index (κ3) is 1.79. The molecule has 0 bridgehead atoms. The van der Waals surface area contributed by atoms with E-state index in [1.165, 1.54) is 6.20 Å². The van der Waals surface area contributed by atoms with Gasteiger partial charge in [0.25, 0.3) is 0 Å². The molecule has 0 unspecified atom stereocenters. The van der Waals surface area contributed by atoms with Crippen molar-refractivity contribution in [2.24, 2.45) is 0 Å². The Kier molecular flexibility index (Phi) is 2.83. The van der Waals surface area contributed by atoms with Crippen LogP contribution in [0, 0.1) is 0 Å². The third-order valence-electron chi connectivity index (χ3n) is 3.91. The van der Waals surface area contributed by atoms with Crippen molar-refractivity contribution in [3.8, 4) is 0 Å². The molecule has 3 aromatic heterocycles. The molecule has 0 aliphatic heterocycles. The molecule has 3 heterocycles. The second-order valence-corrected chi connectivity index (χ2v) is 5.64. The highest BCUT2D eigenvalue weighted by molar-refractivity contribution is 6.02. The molecule has 4 aromatic rings. The van der Waals surface area contributed by atoms with Crippen molar-refractivity contribution in [3.63, 3.8) is 0 Å². The van der Waals surface area contributed by atoms with Crippen LogP contribution in [0.4, 0.5) is 5.95 Å². The zero-order valence-electron chi connectivity index (χ0n) is 12.9. The molecule has 0 saturated heterocycles. The van der Waals surface area contributed by atoms with Gasteiger partial charge in [0.05, 0.1) is 16.4 Å². The summed E-state index contributed by atoms with van der Waals surface area (Å²) in [6, 6.07) is 7.33. The number of rotatable bonds is 2. The number of carboxylic acids is 1. The van der Waals surface area contributed by atoms with Gasteiger partial charge in [0, 0.05) is 20.3 Å². The van der Waals surface area contributed by atoms with E-state index in [2.05, 4.69) is 15.0 Å². The summed E-state index contributed by atoms with van der Waals surface area (Å²) in [7, 11) is 3.59. The Morgan fingerprint density at radius 2 is 2.04 bits per heavy atom. The molecule has 120 valence electrons. The first-order chi connectivity index (χ1) is 11.5. The highest BCUT2D eigenvalue weighted by Crippen LogP contribution is 2.23. The van der Waals surface area contributed by atoms with Gasteiger partial charge in [0.15, 0.2) is 5.65 Å². The van der Waals surface area contributed by atoms with Crippen LogP contribution >= 0.6 is 0 Å². The number of hydrogen-bond donors (Lipinski definition) is 2. The quantitative estimate of drug-likeness (QED) is 0.579. The van der Waals surface area contributed by atoms with E-state index in [9.17, 15) is 14.7 Å². The number of nitrogens with one attached hydrogen (secondary N) is 1. The van der Waals surface area contributed by atoms with Crippen LogP contribution in [-0.4, -0.2) is 44.5 Å². The molecule has 0 atom stereocenters. The summed E-state index contributed by atoms with van der Waals surface area (Å²) in [5.74, 6) is -0.855. The summed E-state index contributed by atoms with van der Waals surface area (Å²) in [5, 5.41) is 9.68. The van der Waals surface area contributed by atoms with Crippen LogP contribution in [-0.2, 0) is 0 Å². The normalized spacial score (nSPS) is 11.4. The van der Waals surface area contributed by atoms with Crippen LogP contribution in [0.3, 0.4) is 0 Å². The number of carbonyl (C=O) groups is 1. The monoisotopic (exact) mass is 323 g/mol. The van der Waals surface area contributed by atoms with Gasteiger partial charge in [-0.15, -0.1) is 0 Å². The molecule has 0 amide bonds. The molecule has 0 saturated carbocycles. The summed E-state index contributed by atoms with van der Waals surface area (Å²) < 4.78 is 1.66. The molecule has 2 N–H and O–H groups in total. The first-order valence-corrected chi connectivity index (χ1v) is 7.22. The van der Waals surface area contributed by atoms with Crippen molar-refractivity contribution in [2.75, 3.05) is 19.0 Å². The molecule has 0 aliphatic carbocycles. The van der Waals surface area contributed by atoms with Gasteiger partial charge in [-0.25, -0.2) is 9.78 Å². The van der Waals surface area contributed by atoms with Gasteiger partial charge in [-0.2, -0.15) is 4.98 Å². The Bertz CT molecular complexity index is 1190. The fraction of sp³-hybridized carbons (Fsp3) is 0.125. The number of carboxylic acid groups (broad SMARTS) is 1. The molecule has 0 spiro atoms. The molecule has 24 heavy (non-hydrogen) atoms. The van der Waals surface area contributed by atoms with Crippen molar-refractivity contribution in [2.45, 2.75) is 0 Å². The average molecular weight is 323 g/mol. The first-order valence-electron chi connectivity index (χ1n) is 7.22. The van der Waals surface area contributed by atoms with Crippen molar-refractivity contribution in [3.05, 3.63) is 46.2 Å². The number of hydrogen-bond acceptors (Lipinski definition) is 5. The van der Waals surface area contributed by atoms with Crippen LogP contribution in [0.5, 0.6) is 0 Å². The number of imidazole rings is 1. The number of benzene rings is 1. The SMILES string of the molecule is CN(C)c1ncc2c(=O)c(C(=O)O)c3[nH]c4ccccc4n3c2n1. The fourth-order valence-corrected chi connectivity index (χ4v) is 2.82. The summed E-state index contributed by atoms with van der Waals surface area (Å²) in [4.78, 5) is 37.6. The largest absolute Gasteiger partial charge is 0.477 e. The highest BCUT2D eigenvalue weighted by Gasteiger charge is 2.22. The van der Waals surface area contributed by atoms with Gasteiger partial charge in [-0.1, -0.05) is 12.1 Å². The number of aromatic carboxylic acids is 1. The number of nitrogens with zero attached hydrogens (tertiary/aromatic N) is 4. The number of para-hydroxylation sites is 2. The molecule has 4 rings (SSSR count). The maximum Gasteiger partial charge on any atom is 0.343 e. The van der Waals surface area contributed by atoms with Gasteiger partial charge >= 0.3 is 5.97 Å². The molecular weight excluding hydrogens is 310 g/mol. The summed E-state index contributed by atoms with van der Waals surface area (Å²) >= 11 is 0. The summed E-state index contributed by atoms with van der Waals surface area (Å²) in [6.45, 7) is 0. The van der Waals surface area contributed by atoms with Crippen LogP contribution < -0.4 is 10.3 Å². The van der Waals surface area contributed by atoms with Crippen molar-refractivity contribution in [1.29, 1.82) is 0 Å². The standard InChI is InChI=1S/C16H13N5O3/c1-20(2)16-17-7-8-12(22)11(15(23)24)14-18-9-5-3-4-6-10(9)21(14)13(8)19-16/h3-7,18H,1-2H3,(H,23,24). The Balaban J connectivity index is 2.35. The average Bonchev–Trinajstić information content (AvgIpc) is 2.93. The summed E-state index contributed by atoms with van der Waals surface area (Å²) in [6.07, 6.45) is 1.38. The maximum absolute atomic E-state index is 12.6. The Labute approximate surface area is 135 Å². The van der Waals surface area contributed by atoms with Crippen LogP contribution in [0.1, 0.15) is 10.4 Å². The lowest BCUT2D eigenvalue weighted by Crippen LogP contribution is -2.20.